The summed E-state index contributed by atoms with van der Waals surface area (Å²) >= 11 is 0. The van der Waals surface area contributed by atoms with Crippen molar-refractivity contribution >= 4 is 24.2 Å². The Bertz CT molecular complexity index is 656. The second-order valence-electron chi connectivity index (χ2n) is 7.37. The number of aryl methyl sites for hydroxylation is 2. The number of hydrogen-bond donors (Lipinski definition) is 1. The predicted molar refractivity (Wildman–Crippen MR) is 104 cm³/mol. The van der Waals surface area contributed by atoms with E-state index in [1.54, 1.807) is 13.2 Å². The summed E-state index contributed by atoms with van der Waals surface area (Å²) in [6.45, 7) is 8.03. The molecule has 0 bridgehead atoms. The molecule has 1 N–H and O–H groups in total. The van der Waals surface area contributed by atoms with Gasteiger partial charge in [-0.05, 0) is 45.8 Å². The second-order valence-corrected chi connectivity index (χ2v) is 7.37. The van der Waals surface area contributed by atoms with Crippen molar-refractivity contribution in [2.45, 2.75) is 26.7 Å². The predicted octanol–water partition coefficient (Wildman–Crippen LogP) is 1.62. The fourth-order valence-corrected chi connectivity index (χ4v) is 4.06. The van der Waals surface area contributed by atoms with E-state index in [2.05, 4.69) is 5.32 Å². The van der Waals surface area contributed by atoms with Gasteiger partial charge in [-0.25, -0.2) is 0 Å². The van der Waals surface area contributed by atoms with Crippen molar-refractivity contribution < 1.29 is 18.7 Å². The molecule has 0 aromatic carbocycles. The molecule has 7 nitrogen and oxygen atoms in total. The Morgan fingerprint density at radius 3 is 2.26 bits per heavy atom. The van der Waals surface area contributed by atoms with Gasteiger partial charge < -0.3 is 24.3 Å². The molecule has 2 fully saturated rings. The van der Waals surface area contributed by atoms with Crippen LogP contribution in [0.5, 0.6) is 0 Å². The molecule has 0 aliphatic carbocycles. The number of nitrogens with zero attached hydrogens (tertiary/aromatic N) is 2. The van der Waals surface area contributed by atoms with E-state index in [0.717, 1.165) is 31.7 Å². The van der Waals surface area contributed by atoms with Gasteiger partial charge >= 0.3 is 0 Å². The van der Waals surface area contributed by atoms with Gasteiger partial charge in [0.2, 0.25) is 5.91 Å². The van der Waals surface area contributed by atoms with Crippen molar-refractivity contribution in [2.75, 3.05) is 53.0 Å². The molecule has 2 aliphatic rings. The zero-order chi connectivity index (χ0) is 18.7. The first-order valence-corrected chi connectivity index (χ1v) is 9.32. The fourth-order valence-electron chi connectivity index (χ4n) is 4.06. The Morgan fingerprint density at radius 1 is 1.15 bits per heavy atom. The number of rotatable bonds is 4. The third-order valence-electron chi connectivity index (χ3n) is 5.56. The van der Waals surface area contributed by atoms with Crippen LogP contribution in [0.4, 0.5) is 0 Å². The van der Waals surface area contributed by atoms with Gasteiger partial charge in [0.15, 0.2) is 0 Å². The van der Waals surface area contributed by atoms with E-state index in [-0.39, 0.29) is 24.2 Å². The number of piperazine rings is 1. The lowest BCUT2D eigenvalue weighted by molar-refractivity contribution is -0.149. The van der Waals surface area contributed by atoms with Crippen LogP contribution in [0, 0.1) is 19.3 Å². The molecule has 8 heteroatoms. The number of piperidine rings is 1. The van der Waals surface area contributed by atoms with Crippen molar-refractivity contribution in [2.24, 2.45) is 5.41 Å². The van der Waals surface area contributed by atoms with Gasteiger partial charge in [-0.15, -0.1) is 12.4 Å². The van der Waals surface area contributed by atoms with Crippen molar-refractivity contribution in [3.05, 3.63) is 23.2 Å². The van der Waals surface area contributed by atoms with Crippen LogP contribution in [-0.4, -0.2) is 74.6 Å². The molecule has 152 valence electrons. The summed E-state index contributed by atoms with van der Waals surface area (Å²) in [4.78, 5) is 29.6. The highest BCUT2D eigenvalue weighted by Gasteiger charge is 2.43. The number of amides is 2. The number of carbonyl (C=O) groups is 2. The minimum Gasteiger partial charge on any atom is -0.466 e. The molecule has 0 atom stereocenters. The van der Waals surface area contributed by atoms with Crippen molar-refractivity contribution in [1.82, 2.24) is 15.1 Å². The maximum atomic E-state index is 13.2. The first-order chi connectivity index (χ1) is 12.5. The maximum absolute atomic E-state index is 13.2. The van der Waals surface area contributed by atoms with Gasteiger partial charge in [-0.2, -0.15) is 0 Å². The van der Waals surface area contributed by atoms with Gasteiger partial charge in [0.05, 0.1) is 17.6 Å². The summed E-state index contributed by atoms with van der Waals surface area (Å²) in [5.74, 6) is 1.55. The summed E-state index contributed by atoms with van der Waals surface area (Å²) in [5, 5.41) is 3.32. The molecule has 0 unspecified atom stereocenters. The van der Waals surface area contributed by atoms with E-state index < -0.39 is 5.41 Å². The lowest BCUT2D eigenvalue weighted by Crippen LogP contribution is -2.57. The zero-order valence-electron chi connectivity index (χ0n) is 16.4. The summed E-state index contributed by atoms with van der Waals surface area (Å²) in [6.07, 6.45) is 1.60. The maximum Gasteiger partial charge on any atom is 0.257 e. The van der Waals surface area contributed by atoms with Crippen LogP contribution in [0.1, 0.15) is 34.7 Å². The topological polar surface area (TPSA) is 75.0 Å². The molecule has 27 heavy (non-hydrogen) atoms. The fraction of sp³-hybridized carbons (Fsp3) is 0.684. The molecule has 1 aromatic rings. The minimum absolute atomic E-state index is 0. The van der Waals surface area contributed by atoms with Crippen LogP contribution >= 0.6 is 12.4 Å². The molecule has 2 aliphatic heterocycles. The van der Waals surface area contributed by atoms with Crippen LogP contribution in [0.3, 0.4) is 0 Å². The highest BCUT2D eigenvalue weighted by atomic mass is 35.5. The standard InChI is InChI=1S/C19H29N3O4.ClH/c1-14-12-16(15(2)26-14)17(23)21-8-10-22(11-9-21)18(24)19(13-25-3)4-6-20-7-5-19;/h12,20H,4-11,13H2,1-3H3;1H. The Kier molecular flexibility index (Phi) is 7.31. The molecule has 0 spiro atoms. The normalized spacial score (nSPS) is 19.5. The first-order valence-electron chi connectivity index (χ1n) is 9.32. The van der Waals surface area contributed by atoms with Crippen molar-refractivity contribution in [3.63, 3.8) is 0 Å². The van der Waals surface area contributed by atoms with Crippen LogP contribution in [0.2, 0.25) is 0 Å². The van der Waals surface area contributed by atoms with E-state index in [9.17, 15) is 9.59 Å². The lowest BCUT2D eigenvalue weighted by Gasteiger charge is -2.42. The van der Waals surface area contributed by atoms with Crippen molar-refractivity contribution in [1.29, 1.82) is 0 Å². The lowest BCUT2D eigenvalue weighted by atomic mass is 9.78. The van der Waals surface area contributed by atoms with E-state index >= 15 is 0 Å². The Balaban J connectivity index is 0.00000261. The summed E-state index contributed by atoms with van der Waals surface area (Å²) in [7, 11) is 1.66. The van der Waals surface area contributed by atoms with Crippen molar-refractivity contribution in [3.8, 4) is 0 Å². The third kappa shape index (κ3) is 4.47. The number of methoxy groups -OCH3 is 1. The van der Waals surface area contributed by atoms with E-state index in [4.69, 9.17) is 9.15 Å². The summed E-state index contributed by atoms with van der Waals surface area (Å²) < 4.78 is 10.9. The Hall–Kier alpha value is -1.57. The van der Waals surface area contributed by atoms with Gasteiger partial charge in [0, 0.05) is 33.3 Å². The highest BCUT2D eigenvalue weighted by molar-refractivity contribution is 5.95. The largest absolute Gasteiger partial charge is 0.466 e. The number of halogens is 1. The third-order valence-corrected chi connectivity index (χ3v) is 5.56. The number of furan rings is 1. The number of nitrogens with one attached hydrogen (secondary N) is 1. The van der Waals surface area contributed by atoms with Gasteiger partial charge in [-0.3, -0.25) is 9.59 Å². The van der Waals surface area contributed by atoms with Gasteiger partial charge in [0.25, 0.3) is 5.91 Å². The van der Waals surface area contributed by atoms with E-state index in [0.29, 0.717) is 44.1 Å². The van der Waals surface area contributed by atoms with Crippen LogP contribution in [-0.2, 0) is 9.53 Å². The molecule has 0 radical (unpaired) electrons. The van der Waals surface area contributed by atoms with Crippen LogP contribution in [0.25, 0.3) is 0 Å². The monoisotopic (exact) mass is 399 g/mol. The van der Waals surface area contributed by atoms with Gasteiger partial charge in [-0.1, -0.05) is 0 Å². The second kappa shape index (κ2) is 9.08. The average molecular weight is 400 g/mol. The quantitative estimate of drug-likeness (QED) is 0.832. The average Bonchev–Trinajstić information content (AvgIpc) is 3.00. The molecule has 3 rings (SSSR count). The smallest absolute Gasteiger partial charge is 0.257 e. The minimum atomic E-state index is -0.426. The van der Waals surface area contributed by atoms with Crippen LogP contribution in [0.15, 0.2) is 10.5 Å². The molecule has 1 aromatic heterocycles. The molecule has 0 saturated carbocycles. The van der Waals surface area contributed by atoms with Crippen LogP contribution < -0.4 is 5.32 Å². The number of carbonyl (C=O) groups excluding carboxylic acids is 2. The van der Waals surface area contributed by atoms with Gasteiger partial charge in [0.1, 0.15) is 11.5 Å². The molecular weight excluding hydrogens is 370 g/mol. The molecule has 2 saturated heterocycles. The molecular formula is C19H30ClN3O4. The molecule has 3 heterocycles. The van der Waals surface area contributed by atoms with E-state index in [1.807, 2.05) is 23.6 Å². The zero-order valence-corrected chi connectivity index (χ0v) is 17.2. The summed E-state index contributed by atoms with van der Waals surface area (Å²) in [6, 6.07) is 1.79. The first kappa shape index (κ1) is 21.7. The molecule has 2 amide bonds. The Morgan fingerprint density at radius 2 is 1.74 bits per heavy atom. The SMILES string of the molecule is COCC1(C(=O)N2CCN(C(=O)c3cc(C)oc3C)CC2)CCNCC1.Cl. The number of ether oxygens (including phenoxy) is 1. The Labute approximate surface area is 166 Å². The van der Waals surface area contributed by atoms with E-state index in [1.165, 1.54) is 0 Å². The highest BCUT2D eigenvalue weighted by Crippen LogP contribution is 2.32. The number of hydrogen-bond acceptors (Lipinski definition) is 5. The summed E-state index contributed by atoms with van der Waals surface area (Å²) in [5.41, 5.74) is 0.196.